The van der Waals surface area contributed by atoms with Crippen LogP contribution in [0.2, 0.25) is 0 Å². The van der Waals surface area contributed by atoms with Crippen LogP contribution in [0.5, 0.6) is 0 Å². The van der Waals surface area contributed by atoms with Crippen molar-refractivity contribution >= 4 is 60.7 Å². The van der Waals surface area contributed by atoms with E-state index in [1.165, 1.54) is 77.0 Å². The number of anilines is 3. The number of rotatable bonds is 8. The Kier molecular flexibility index (Phi) is 8.83. The maximum absolute atomic E-state index is 2.46. The van der Waals surface area contributed by atoms with Crippen LogP contribution in [0.15, 0.2) is 249 Å². The number of aromatic nitrogens is 2. The van der Waals surface area contributed by atoms with E-state index in [0.717, 1.165) is 28.4 Å². The molecule has 0 radical (unpaired) electrons. The maximum Gasteiger partial charge on any atom is 0.0641 e. The highest BCUT2D eigenvalue weighted by Gasteiger charge is 2.21. The lowest BCUT2D eigenvalue weighted by Crippen LogP contribution is -2.09. The number of nitrogens with zero attached hydrogens (tertiary/aromatic N) is 3. The Morgan fingerprint density at radius 2 is 0.619 bits per heavy atom. The number of hydrogen-bond acceptors (Lipinski definition) is 1. The summed E-state index contributed by atoms with van der Waals surface area (Å²) in [5.41, 5.74) is 17.6. The van der Waals surface area contributed by atoms with Crippen LogP contribution < -0.4 is 4.90 Å². The van der Waals surface area contributed by atoms with Crippen LogP contribution in [-0.2, 0) is 0 Å². The zero-order chi connectivity index (χ0) is 41.7. The van der Waals surface area contributed by atoms with Gasteiger partial charge < -0.3 is 14.0 Å². The Labute approximate surface area is 366 Å². The summed E-state index contributed by atoms with van der Waals surface area (Å²) in [5.74, 6) is 0. The van der Waals surface area contributed by atoms with Gasteiger partial charge in [-0.2, -0.15) is 0 Å². The van der Waals surface area contributed by atoms with Gasteiger partial charge in [-0.1, -0.05) is 170 Å². The van der Waals surface area contributed by atoms with Crippen LogP contribution in [0.25, 0.3) is 88.4 Å². The van der Waals surface area contributed by atoms with Gasteiger partial charge in [0.05, 0.1) is 22.1 Å². The smallest absolute Gasteiger partial charge is 0.0641 e. The van der Waals surface area contributed by atoms with E-state index in [1.54, 1.807) is 0 Å². The molecule has 0 saturated heterocycles. The second-order valence-corrected chi connectivity index (χ2v) is 16.2. The number of benzene rings is 10. The number of hydrogen-bond donors (Lipinski definition) is 0. The standard InChI is InChI=1S/C60H41N3/c1-4-14-42(15-5-1)44-24-32-49(33-25-44)61(50-34-26-45(27-35-50)43-16-6-2-7-17-43)51-36-28-46(29-37-51)47-30-38-52(39-31-47)63-56-22-12-10-20-53(56)54-40-41-58-59(60(54)63)55-21-11-13-23-57(55)62(58)48-18-8-3-9-19-48/h1-41H. The molecule has 63 heavy (non-hydrogen) atoms. The molecule has 0 aliphatic heterocycles. The van der Waals surface area contributed by atoms with Crippen molar-refractivity contribution in [1.82, 2.24) is 9.13 Å². The third-order valence-electron chi connectivity index (χ3n) is 12.5. The summed E-state index contributed by atoms with van der Waals surface area (Å²) in [5, 5.41) is 5.01. The monoisotopic (exact) mass is 803 g/mol. The summed E-state index contributed by atoms with van der Waals surface area (Å²) < 4.78 is 4.87. The molecular weight excluding hydrogens is 763 g/mol. The van der Waals surface area contributed by atoms with Crippen LogP contribution in [0, 0.1) is 0 Å². The molecule has 0 fully saturated rings. The molecule has 0 N–H and O–H groups in total. The first-order valence-electron chi connectivity index (χ1n) is 21.6. The highest BCUT2D eigenvalue weighted by Crippen LogP contribution is 2.43. The number of para-hydroxylation sites is 3. The first-order chi connectivity index (χ1) is 31.3. The molecule has 0 amide bonds. The molecule has 2 aromatic heterocycles. The van der Waals surface area contributed by atoms with Gasteiger partial charge in [-0.05, 0) is 112 Å². The van der Waals surface area contributed by atoms with Crippen LogP contribution in [-0.4, -0.2) is 9.13 Å². The summed E-state index contributed by atoms with van der Waals surface area (Å²) >= 11 is 0. The lowest BCUT2D eigenvalue weighted by atomic mass is 10.0. The fourth-order valence-corrected chi connectivity index (χ4v) is 9.55. The largest absolute Gasteiger partial charge is 0.311 e. The van der Waals surface area contributed by atoms with Crippen molar-refractivity contribution in [2.24, 2.45) is 0 Å². The molecule has 0 saturated carbocycles. The molecular formula is C60H41N3. The van der Waals surface area contributed by atoms with E-state index < -0.39 is 0 Å². The molecule has 3 nitrogen and oxygen atoms in total. The second kappa shape index (κ2) is 15.3. The van der Waals surface area contributed by atoms with E-state index in [0.29, 0.717) is 0 Å². The molecule has 12 aromatic rings. The van der Waals surface area contributed by atoms with Crippen molar-refractivity contribution in [1.29, 1.82) is 0 Å². The molecule has 0 unspecified atom stereocenters. The van der Waals surface area contributed by atoms with Gasteiger partial charge in [0.15, 0.2) is 0 Å². The van der Waals surface area contributed by atoms with Gasteiger partial charge in [0.1, 0.15) is 0 Å². The Morgan fingerprint density at radius 1 is 0.238 bits per heavy atom. The normalized spacial score (nSPS) is 11.5. The van der Waals surface area contributed by atoms with E-state index in [-0.39, 0.29) is 0 Å². The lowest BCUT2D eigenvalue weighted by Gasteiger charge is -2.26. The van der Waals surface area contributed by atoms with Crippen molar-refractivity contribution in [3.63, 3.8) is 0 Å². The molecule has 2 heterocycles. The SMILES string of the molecule is c1ccc(-c2ccc(N(c3ccc(-c4ccccc4)cc3)c3ccc(-c4ccc(-n5c6ccccc6c6ccc7c(c8ccccc8n7-c7ccccc7)c65)cc4)cc3)cc2)cc1. The van der Waals surface area contributed by atoms with Crippen molar-refractivity contribution in [2.45, 2.75) is 0 Å². The molecule has 3 heteroatoms. The van der Waals surface area contributed by atoms with Gasteiger partial charge in [-0.25, -0.2) is 0 Å². The summed E-state index contributed by atoms with van der Waals surface area (Å²) in [7, 11) is 0. The number of fused-ring (bicyclic) bond motifs is 7. The van der Waals surface area contributed by atoms with Gasteiger partial charge in [0.2, 0.25) is 0 Å². The fraction of sp³-hybridized carbons (Fsp3) is 0. The van der Waals surface area contributed by atoms with Crippen LogP contribution in [0.3, 0.4) is 0 Å². The molecule has 0 spiro atoms. The minimum Gasteiger partial charge on any atom is -0.311 e. The zero-order valence-electron chi connectivity index (χ0n) is 34.5. The molecule has 0 bridgehead atoms. The van der Waals surface area contributed by atoms with Gasteiger partial charge in [0, 0.05) is 50.0 Å². The van der Waals surface area contributed by atoms with Crippen LogP contribution in [0.4, 0.5) is 17.1 Å². The summed E-state index contributed by atoms with van der Waals surface area (Å²) in [6.07, 6.45) is 0. The van der Waals surface area contributed by atoms with Gasteiger partial charge in [0.25, 0.3) is 0 Å². The van der Waals surface area contributed by atoms with Crippen LogP contribution >= 0.6 is 0 Å². The Balaban J connectivity index is 0.932. The Morgan fingerprint density at radius 3 is 1.13 bits per heavy atom. The Bertz CT molecular complexity index is 3470. The van der Waals surface area contributed by atoms with E-state index in [4.69, 9.17) is 0 Å². The molecule has 296 valence electrons. The van der Waals surface area contributed by atoms with E-state index in [1.807, 2.05) is 0 Å². The summed E-state index contributed by atoms with van der Waals surface area (Å²) in [4.78, 5) is 2.34. The highest BCUT2D eigenvalue weighted by atomic mass is 15.1. The molecule has 0 aliphatic rings. The topological polar surface area (TPSA) is 13.1 Å². The minimum atomic E-state index is 1.10. The van der Waals surface area contributed by atoms with Crippen LogP contribution in [0.1, 0.15) is 0 Å². The van der Waals surface area contributed by atoms with E-state index >= 15 is 0 Å². The zero-order valence-corrected chi connectivity index (χ0v) is 34.5. The van der Waals surface area contributed by atoms with E-state index in [9.17, 15) is 0 Å². The Hall–Kier alpha value is -8.40. The fourth-order valence-electron chi connectivity index (χ4n) is 9.55. The van der Waals surface area contributed by atoms with Gasteiger partial charge in [-0.3, -0.25) is 0 Å². The van der Waals surface area contributed by atoms with Crippen molar-refractivity contribution < 1.29 is 0 Å². The first-order valence-corrected chi connectivity index (χ1v) is 21.6. The first kappa shape index (κ1) is 36.5. The average molecular weight is 804 g/mol. The highest BCUT2D eigenvalue weighted by molar-refractivity contribution is 6.26. The average Bonchev–Trinajstić information content (AvgIpc) is 3.89. The summed E-state index contributed by atoms with van der Waals surface area (Å²) in [6.45, 7) is 0. The van der Waals surface area contributed by atoms with E-state index in [2.05, 4.69) is 263 Å². The molecule has 10 aromatic carbocycles. The molecule has 0 atom stereocenters. The van der Waals surface area contributed by atoms with Crippen molar-refractivity contribution in [3.05, 3.63) is 249 Å². The molecule has 0 aliphatic carbocycles. The van der Waals surface area contributed by atoms with Gasteiger partial charge in [-0.15, -0.1) is 0 Å². The van der Waals surface area contributed by atoms with Gasteiger partial charge >= 0.3 is 0 Å². The maximum atomic E-state index is 2.46. The lowest BCUT2D eigenvalue weighted by molar-refractivity contribution is 1.17. The second-order valence-electron chi connectivity index (χ2n) is 16.2. The predicted octanol–water partition coefficient (Wildman–Crippen LogP) is 16.4. The summed E-state index contributed by atoms with van der Waals surface area (Å²) in [6, 6.07) is 89.9. The van der Waals surface area contributed by atoms with Crippen molar-refractivity contribution in [2.75, 3.05) is 4.90 Å². The van der Waals surface area contributed by atoms with Crippen molar-refractivity contribution in [3.8, 4) is 44.8 Å². The minimum absolute atomic E-state index is 1.10. The molecule has 12 rings (SSSR count). The third kappa shape index (κ3) is 6.29. The predicted molar refractivity (Wildman–Crippen MR) is 266 cm³/mol. The quantitative estimate of drug-likeness (QED) is 0.149. The third-order valence-corrected chi connectivity index (χ3v) is 12.5.